The number of benzene rings is 2. The van der Waals surface area contributed by atoms with Gasteiger partial charge < -0.3 is 5.32 Å². The Kier molecular flexibility index (Phi) is 4.90. The van der Waals surface area contributed by atoms with Crippen molar-refractivity contribution in [2.75, 3.05) is 5.32 Å². The molecule has 0 aliphatic rings. The van der Waals surface area contributed by atoms with Gasteiger partial charge in [-0.2, -0.15) is 0 Å². The molecule has 0 fully saturated rings. The molecule has 0 aromatic heterocycles. The molecule has 0 spiro atoms. The van der Waals surface area contributed by atoms with E-state index >= 15 is 0 Å². The van der Waals surface area contributed by atoms with Gasteiger partial charge >= 0.3 is 0 Å². The molecule has 2 rings (SSSR count). The van der Waals surface area contributed by atoms with Crippen LogP contribution in [0.5, 0.6) is 0 Å². The van der Waals surface area contributed by atoms with E-state index in [0.717, 1.165) is 24.1 Å². The van der Waals surface area contributed by atoms with Crippen molar-refractivity contribution in [3.05, 3.63) is 63.9 Å². The molecule has 2 aromatic rings. The summed E-state index contributed by atoms with van der Waals surface area (Å²) >= 11 is 3.07. The minimum Gasteiger partial charge on any atom is -0.322 e. The van der Waals surface area contributed by atoms with Crippen molar-refractivity contribution in [1.29, 1.82) is 0 Å². The molecule has 1 N–H and O–H groups in total. The smallest absolute Gasteiger partial charge is 0.255 e. The molecule has 0 bridgehead atoms. The predicted molar refractivity (Wildman–Crippen MR) is 82.5 cm³/mol. The van der Waals surface area contributed by atoms with Crippen LogP contribution in [0.2, 0.25) is 0 Å². The van der Waals surface area contributed by atoms with Gasteiger partial charge in [-0.25, -0.2) is 4.39 Å². The summed E-state index contributed by atoms with van der Waals surface area (Å²) in [5.41, 5.74) is 2.17. The van der Waals surface area contributed by atoms with E-state index in [1.165, 1.54) is 12.1 Å². The summed E-state index contributed by atoms with van der Waals surface area (Å²) in [5.74, 6) is -0.751. The van der Waals surface area contributed by atoms with Crippen LogP contribution in [0.1, 0.15) is 29.3 Å². The fraction of sp³-hybridized carbons (Fsp3) is 0.188. The van der Waals surface area contributed by atoms with E-state index in [2.05, 4.69) is 28.2 Å². The number of rotatable bonds is 4. The summed E-state index contributed by atoms with van der Waals surface area (Å²) in [6, 6.07) is 12.0. The van der Waals surface area contributed by atoms with Gasteiger partial charge in [-0.15, -0.1) is 0 Å². The number of anilines is 1. The molecule has 2 nitrogen and oxygen atoms in total. The molecule has 0 aliphatic heterocycles. The van der Waals surface area contributed by atoms with Crippen LogP contribution in [0, 0.1) is 5.82 Å². The van der Waals surface area contributed by atoms with Crippen LogP contribution in [0.3, 0.4) is 0 Å². The maximum absolute atomic E-state index is 13.5. The molecule has 20 heavy (non-hydrogen) atoms. The Hall–Kier alpha value is -1.68. The minimum atomic E-state index is -0.445. The lowest BCUT2D eigenvalue weighted by Crippen LogP contribution is -2.13. The zero-order valence-electron chi connectivity index (χ0n) is 11.1. The molecule has 2 aromatic carbocycles. The van der Waals surface area contributed by atoms with Crippen molar-refractivity contribution in [3.8, 4) is 0 Å². The third-order valence-electron chi connectivity index (χ3n) is 2.97. The van der Waals surface area contributed by atoms with E-state index in [4.69, 9.17) is 0 Å². The van der Waals surface area contributed by atoms with E-state index in [1.54, 1.807) is 6.07 Å². The number of aryl methyl sites for hydroxylation is 1. The summed E-state index contributed by atoms with van der Waals surface area (Å²) in [6.07, 6.45) is 1.89. The van der Waals surface area contributed by atoms with Crippen LogP contribution in [0.25, 0.3) is 0 Å². The third kappa shape index (κ3) is 3.45. The lowest BCUT2D eigenvalue weighted by atomic mass is 10.1. The van der Waals surface area contributed by atoms with Crippen molar-refractivity contribution in [3.63, 3.8) is 0 Å². The summed E-state index contributed by atoms with van der Waals surface area (Å²) in [7, 11) is 0. The van der Waals surface area contributed by atoms with Crippen LogP contribution in [-0.2, 0) is 6.42 Å². The third-order valence-corrected chi connectivity index (χ3v) is 3.61. The highest BCUT2D eigenvalue weighted by atomic mass is 79.9. The molecule has 0 saturated heterocycles. The monoisotopic (exact) mass is 335 g/mol. The van der Waals surface area contributed by atoms with Gasteiger partial charge in [0.05, 0.1) is 4.47 Å². The molecule has 0 atom stereocenters. The van der Waals surface area contributed by atoms with Crippen molar-refractivity contribution in [1.82, 2.24) is 0 Å². The Morgan fingerprint density at radius 1 is 1.25 bits per heavy atom. The Bertz CT molecular complexity index is 628. The lowest BCUT2D eigenvalue weighted by molar-refractivity contribution is 0.102. The molecular formula is C16H15BrFNO. The van der Waals surface area contributed by atoms with Crippen LogP contribution in [0.15, 0.2) is 46.9 Å². The van der Waals surface area contributed by atoms with E-state index in [9.17, 15) is 9.18 Å². The highest BCUT2D eigenvalue weighted by Gasteiger charge is 2.10. The highest BCUT2D eigenvalue weighted by Crippen LogP contribution is 2.20. The molecule has 0 heterocycles. The molecule has 104 valence electrons. The largest absolute Gasteiger partial charge is 0.322 e. The van der Waals surface area contributed by atoms with Crippen molar-refractivity contribution >= 4 is 27.5 Å². The summed E-state index contributed by atoms with van der Waals surface area (Å²) in [6.45, 7) is 2.09. The van der Waals surface area contributed by atoms with Gasteiger partial charge in [-0.3, -0.25) is 4.79 Å². The first-order chi connectivity index (χ1) is 9.61. The van der Waals surface area contributed by atoms with Gasteiger partial charge in [0.15, 0.2) is 0 Å². The molecule has 0 saturated carbocycles. The first-order valence-corrected chi connectivity index (χ1v) is 7.25. The van der Waals surface area contributed by atoms with Gasteiger partial charge in [0.2, 0.25) is 0 Å². The molecule has 4 heteroatoms. The summed E-state index contributed by atoms with van der Waals surface area (Å²) < 4.78 is 13.8. The van der Waals surface area contributed by atoms with Crippen molar-refractivity contribution in [2.24, 2.45) is 0 Å². The first-order valence-electron chi connectivity index (χ1n) is 6.46. The predicted octanol–water partition coefficient (Wildman–Crippen LogP) is 4.79. The SMILES string of the molecule is CCCc1ccccc1NC(=O)c1ccc(Br)c(F)c1. The van der Waals surface area contributed by atoms with Crippen molar-refractivity contribution < 1.29 is 9.18 Å². The van der Waals surface area contributed by atoms with Crippen LogP contribution < -0.4 is 5.32 Å². The number of hydrogen-bond acceptors (Lipinski definition) is 1. The fourth-order valence-electron chi connectivity index (χ4n) is 1.96. The number of hydrogen-bond donors (Lipinski definition) is 1. The fourth-order valence-corrected chi connectivity index (χ4v) is 2.21. The van der Waals surface area contributed by atoms with E-state index in [1.807, 2.05) is 24.3 Å². The Balaban J connectivity index is 2.21. The van der Waals surface area contributed by atoms with Gasteiger partial charge in [0.25, 0.3) is 5.91 Å². The molecule has 1 amide bonds. The van der Waals surface area contributed by atoms with Gasteiger partial charge in [0.1, 0.15) is 5.82 Å². The summed E-state index contributed by atoms with van der Waals surface area (Å²) in [5, 5.41) is 2.84. The number of carbonyl (C=O) groups excluding carboxylic acids is 1. The van der Waals surface area contributed by atoms with E-state index in [0.29, 0.717) is 10.0 Å². The van der Waals surface area contributed by atoms with Crippen molar-refractivity contribution in [2.45, 2.75) is 19.8 Å². The first kappa shape index (κ1) is 14.7. The average molecular weight is 336 g/mol. The normalized spacial score (nSPS) is 10.3. The highest BCUT2D eigenvalue weighted by molar-refractivity contribution is 9.10. The molecular weight excluding hydrogens is 321 g/mol. The molecule has 0 radical (unpaired) electrons. The van der Waals surface area contributed by atoms with Gasteiger partial charge in [-0.05, 0) is 52.2 Å². The Morgan fingerprint density at radius 2 is 2.00 bits per heavy atom. The number of amides is 1. The van der Waals surface area contributed by atoms with E-state index in [-0.39, 0.29) is 5.91 Å². The molecule has 0 unspecified atom stereocenters. The quantitative estimate of drug-likeness (QED) is 0.854. The van der Waals surface area contributed by atoms with Gasteiger partial charge in [0, 0.05) is 11.3 Å². The maximum Gasteiger partial charge on any atom is 0.255 e. The zero-order valence-corrected chi connectivity index (χ0v) is 12.7. The molecule has 0 aliphatic carbocycles. The van der Waals surface area contributed by atoms with Crippen LogP contribution >= 0.6 is 15.9 Å². The number of halogens is 2. The summed E-state index contributed by atoms with van der Waals surface area (Å²) in [4.78, 5) is 12.1. The zero-order chi connectivity index (χ0) is 14.5. The van der Waals surface area contributed by atoms with Gasteiger partial charge in [-0.1, -0.05) is 31.5 Å². The minimum absolute atomic E-state index is 0.303. The maximum atomic E-state index is 13.5. The average Bonchev–Trinajstić information content (AvgIpc) is 2.44. The number of nitrogens with one attached hydrogen (secondary N) is 1. The second-order valence-corrected chi connectivity index (χ2v) is 5.34. The van der Waals surface area contributed by atoms with Crippen LogP contribution in [0.4, 0.5) is 10.1 Å². The Labute approximate surface area is 126 Å². The number of carbonyl (C=O) groups is 1. The second-order valence-electron chi connectivity index (χ2n) is 4.49. The topological polar surface area (TPSA) is 29.1 Å². The van der Waals surface area contributed by atoms with Crippen LogP contribution in [-0.4, -0.2) is 5.91 Å². The van der Waals surface area contributed by atoms with E-state index < -0.39 is 5.82 Å². The standard InChI is InChI=1S/C16H15BrFNO/c1-2-5-11-6-3-4-7-15(11)19-16(20)12-8-9-13(17)14(18)10-12/h3-4,6-10H,2,5H2,1H3,(H,19,20). The second kappa shape index (κ2) is 6.66. The Morgan fingerprint density at radius 3 is 2.70 bits per heavy atom. The lowest BCUT2D eigenvalue weighted by Gasteiger charge is -2.10. The number of para-hydroxylation sites is 1.